The summed E-state index contributed by atoms with van der Waals surface area (Å²) in [4.78, 5) is 6.16. The van der Waals surface area contributed by atoms with Crippen molar-refractivity contribution in [3.63, 3.8) is 0 Å². The maximum absolute atomic E-state index is 6.14. The number of hydrogen-bond donors (Lipinski definition) is 1. The number of aromatic nitrogens is 1. The van der Waals surface area contributed by atoms with E-state index in [2.05, 4.69) is 10.3 Å². The fraction of sp³-hybridized carbons (Fsp3) is 0.214. The molecule has 0 aliphatic heterocycles. The van der Waals surface area contributed by atoms with Gasteiger partial charge in [-0.3, -0.25) is 4.98 Å². The lowest BCUT2D eigenvalue weighted by molar-refractivity contribution is 1.09. The number of rotatable bonds is 4. The predicted molar refractivity (Wildman–Crippen MR) is 82.4 cm³/mol. The maximum atomic E-state index is 6.14. The average Bonchev–Trinajstić information content (AvgIpc) is 2.40. The van der Waals surface area contributed by atoms with Crippen LogP contribution in [0.5, 0.6) is 0 Å². The second-order valence-electron chi connectivity index (χ2n) is 4.38. The Bertz CT molecular complexity index is 570. The van der Waals surface area contributed by atoms with Gasteiger partial charge in [-0.15, -0.1) is 0 Å². The van der Waals surface area contributed by atoms with Crippen molar-refractivity contribution in [1.82, 2.24) is 4.98 Å². The smallest absolute Gasteiger partial charge is 0.0766 e. The molecule has 0 bridgehead atoms. The number of nitrogens with zero attached hydrogens (tertiary/aromatic N) is 2. The third-order valence-electron chi connectivity index (χ3n) is 2.76. The Morgan fingerprint density at radius 2 is 2.00 bits per heavy atom. The molecule has 2 aromatic rings. The van der Waals surface area contributed by atoms with Crippen molar-refractivity contribution in [2.75, 3.05) is 24.3 Å². The molecule has 1 aromatic heterocycles. The molecule has 0 fully saturated rings. The van der Waals surface area contributed by atoms with Gasteiger partial charge in [-0.05, 0) is 29.8 Å². The topological polar surface area (TPSA) is 28.2 Å². The molecule has 0 atom stereocenters. The van der Waals surface area contributed by atoms with Gasteiger partial charge in [0, 0.05) is 36.9 Å². The standard InChI is InChI=1S/C14H15Cl2N3/c1-19(2)14-5-6-17-9-13(14)18-8-10-7-11(15)3-4-12(10)16/h3-7,9,18H,8H2,1-2H3. The summed E-state index contributed by atoms with van der Waals surface area (Å²) in [5.41, 5.74) is 3.00. The quantitative estimate of drug-likeness (QED) is 0.922. The van der Waals surface area contributed by atoms with Crippen LogP contribution in [-0.2, 0) is 6.54 Å². The lowest BCUT2D eigenvalue weighted by atomic mass is 10.2. The van der Waals surface area contributed by atoms with E-state index in [4.69, 9.17) is 23.2 Å². The van der Waals surface area contributed by atoms with Gasteiger partial charge in [0.25, 0.3) is 0 Å². The van der Waals surface area contributed by atoms with E-state index in [0.717, 1.165) is 16.9 Å². The number of benzene rings is 1. The number of halogens is 2. The minimum atomic E-state index is 0.603. The van der Waals surface area contributed by atoms with Crippen molar-refractivity contribution in [2.24, 2.45) is 0 Å². The number of hydrogen-bond acceptors (Lipinski definition) is 3. The highest BCUT2D eigenvalue weighted by atomic mass is 35.5. The van der Waals surface area contributed by atoms with Crippen LogP contribution in [0.2, 0.25) is 10.0 Å². The molecule has 1 aromatic carbocycles. The lowest BCUT2D eigenvalue weighted by Gasteiger charge is -2.18. The Hall–Kier alpha value is -1.45. The van der Waals surface area contributed by atoms with Crippen LogP contribution in [-0.4, -0.2) is 19.1 Å². The van der Waals surface area contributed by atoms with E-state index in [9.17, 15) is 0 Å². The van der Waals surface area contributed by atoms with Crippen LogP contribution in [0.3, 0.4) is 0 Å². The zero-order valence-corrected chi connectivity index (χ0v) is 12.3. The Morgan fingerprint density at radius 1 is 1.21 bits per heavy atom. The Kier molecular flexibility index (Phi) is 4.51. The van der Waals surface area contributed by atoms with Crippen molar-refractivity contribution in [1.29, 1.82) is 0 Å². The van der Waals surface area contributed by atoms with Crippen LogP contribution in [0.25, 0.3) is 0 Å². The van der Waals surface area contributed by atoms with E-state index in [1.165, 1.54) is 0 Å². The summed E-state index contributed by atoms with van der Waals surface area (Å²) in [7, 11) is 3.99. The van der Waals surface area contributed by atoms with Gasteiger partial charge in [0.2, 0.25) is 0 Å². The first-order valence-corrected chi connectivity index (χ1v) is 6.62. The average molecular weight is 296 g/mol. The molecule has 100 valence electrons. The summed E-state index contributed by atoms with van der Waals surface area (Å²) in [6, 6.07) is 7.41. The predicted octanol–water partition coefficient (Wildman–Crippen LogP) is 4.07. The Morgan fingerprint density at radius 3 is 2.74 bits per heavy atom. The molecule has 0 saturated heterocycles. The van der Waals surface area contributed by atoms with Crippen LogP contribution in [0.15, 0.2) is 36.7 Å². The molecule has 0 radical (unpaired) electrons. The normalized spacial score (nSPS) is 10.3. The Balaban J connectivity index is 2.17. The molecule has 0 saturated carbocycles. The third kappa shape index (κ3) is 3.52. The summed E-state index contributed by atoms with van der Waals surface area (Å²) >= 11 is 12.1. The number of nitrogens with one attached hydrogen (secondary N) is 1. The van der Waals surface area contributed by atoms with Gasteiger partial charge in [-0.1, -0.05) is 23.2 Å². The molecule has 0 amide bonds. The van der Waals surface area contributed by atoms with Crippen LogP contribution in [0.4, 0.5) is 11.4 Å². The summed E-state index contributed by atoms with van der Waals surface area (Å²) in [6.45, 7) is 0.603. The molecule has 0 unspecified atom stereocenters. The van der Waals surface area contributed by atoms with Gasteiger partial charge < -0.3 is 10.2 Å². The molecule has 1 N–H and O–H groups in total. The molecule has 0 aliphatic rings. The zero-order chi connectivity index (χ0) is 13.8. The van der Waals surface area contributed by atoms with Crippen LogP contribution >= 0.6 is 23.2 Å². The molecule has 2 rings (SSSR count). The van der Waals surface area contributed by atoms with Crippen LogP contribution in [0, 0.1) is 0 Å². The summed E-state index contributed by atoms with van der Waals surface area (Å²) < 4.78 is 0. The Labute approximate surface area is 123 Å². The first-order chi connectivity index (χ1) is 9.08. The van der Waals surface area contributed by atoms with Crippen LogP contribution in [0.1, 0.15) is 5.56 Å². The molecule has 5 heteroatoms. The fourth-order valence-electron chi connectivity index (χ4n) is 1.78. The fourth-order valence-corrected chi connectivity index (χ4v) is 2.16. The molecule has 0 spiro atoms. The van der Waals surface area contributed by atoms with Crippen molar-refractivity contribution < 1.29 is 0 Å². The molecular formula is C14H15Cl2N3. The SMILES string of the molecule is CN(C)c1ccncc1NCc1cc(Cl)ccc1Cl. The molecular weight excluding hydrogens is 281 g/mol. The van der Waals surface area contributed by atoms with Gasteiger partial charge >= 0.3 is 0 Å². The van der Waals surface area contributed by atoms with E-state index in [-0.39, 0.29) is 0 Å². The van der Waals surface area contributed by atoms with Gasteiger partial charge in [-0.2, -0.15) is 0 Å². The van der Waals surface area contributed by atoms with E-state index >= 15 is 0 Å². The maximum Gasteiger partial charge on any atom is 0.0766 e. The second-order valence-corrected chi connectivity index (χ2v) is 5.22. The molecule has 0 aliphatic carbocycles. The minimum absolute atomic E-state index is 0.603. The molecule has 19 heavy (non-hydrogen) atoms. The highest BCUT2D eigenvalue weighted by Gasteiger charge is 2.06. The van der Waals surface area contributed by atoms with Gasteiger partial charge in [0.15, 0.2) is 0 Å². The van der Waals surface area contributed by atoms with Gasteiger partial charge in [-0.25, -0.2) is 0 Å². The number of anilines is 2. The lowest BCUT2D eigenvalue weighted by Crippen LogP contribution is -2.12. The molecule has 1 heterocycles. The zero-order valence-electron chi connectivity index (χ0n) is 10.8. The monoisotopic (exact) mass is 295 g/mol. The van der Waals surface area contributed by atoms with Crippen molar-refractivity contribution in [3.8, 4) is 0 Å². The highest BCUT2D eigenvalue weighted by Crippen LogP contribution is 2.25. The first-order valence-electron chi connectivity index (χ1n) is 5.87. The largest absolute Gasteiger partial charge is 0.378 e. The summed E-state index contributed by atoms with van der Waals surface area (Å²) in [5.74, 6) is 0. The minimum Gasteiger partial charge on any atom is -0.378 e. The van der Waals surface area contributed by atoms with Crippen molar-refractivity contribution in [3.05, 3.63) is 52.3 Å². The van der Waals surface area contributed by atoms with E-state index in [1.54, 1.807) is 24.5 Å². The second kappa shape index (κ2) is 6.13. The number of pyridine rings is 1. The van der Waals surface area contributed by atoms with Crippen LogP contribution < -0.4 is 10.2 Å². The van der Waals surface area contributed by atoms with E-state index in [1.807, 2.05) is 31.1 Å². The summed E-state index contributed by atoms with van der Waals surface area (Å²) in [6.07, 6.45) is 3.57. The molecule has 3 nitrogen and oxygen atoms in total. The first kappa shape index (κ1) is 14.0. The van der Waals surface area contributed by atoms with Crippen molar-refractivity contribution in [2.45, 2.75) is 6.54 Å². The highest BCUT2D eigenvalue weighted by molar-refractivity contribution is 6.33. The van der Waals surface area contributed by atoms with E-state index in [0.29, 0.717) is 16.6 Å². The van der Waals surface area contributed by atoms with E-state index < -0.39 is 0 Å². The third-order valence-corrected chi connectivity index (χ3v) is 3.36. The summed E-state index contributed by atoms with van der Waals surface area (Å²) in [5, 5.41) is 4.71. The van der Waals surface area contributed by atoms with Gasteiger partial charge in [0.05, 0.1) is 17.6 Å². The van der Waals surface area contributed by atoms with Crippen molar-refractivity contribution >= 4 is 34.6 Å². The van der Waals surface area contributed by atoms with Gasteiger partial charge in [0.1, 0.15) is 0 Å².